The Morgan fingerprint density at radius 1 is 1.08 bits per heavy atom. The third kappa shape index (κ3) is 4.46. The first kappa shape index (κ1) is 18.1. The van der Waals surface area contributed by atoms with Crippen molar-refractivity contribution in [1.82, 2.24) is 5.32 Å². The van der Waals surface area contributed by atoms with Gasteiger partial charge in [-0.3, -0.25) is 4.79 Å². The molecule has 3 rings (SSSR count). The molecule has 1 amide bonds. The van der Waals surface area contributed by atoms with E-state index in [1.165, 1.54) is 0 Å². The zero-order chi connectivity index (χ0) is 17.8. The van der Waals surface area contributed by atoms with Crippen molar-refractivity contribution >= 4 is 55.8 Å². The van der Waals surface area contributed by atoms with Crippen LogP contribution in [-0.4, -0.2) is 12.5 Å². The second-order valence-corrected chi connectivity index (χ2v) is 7.04. The fraction of sp³-hybridized carbons (Fsp3) is 0.105. The van der Waals surface area contributed by atoms with Crippen LogP contribution in [-0.2, 0) is 11.3 Å². The summed E-state index contributed by atoms with van der Waals surface area (Å²) in [6, 6.07) is 16.9. The topological polar surface area (TPSA) is 38.3 Å². The van der Waals surface area contributed by atoms with Gasteiger partial charge in [0, 0.05) is 16.6 Å². The molecule has 3 nitrogen and oxygen atoms in total. The molecular weight excluding hydrogens is 425 g/mol. The summed E-state index contributed by atoms with van der Waals surface area (Å²) in [4.78, 5) is 12.0. The van der Waals surface area contributed by atoms with Crippen LogP contribution in [0.15, 0.2) is 59.1 Å². The van der Waals surface area contributed by atoms with Crippen molar-refractivity contribution in [2.45, 2.75) is 6.54 Å². The Hall–Kier alpha value is -1.75. The summed E-state index contributed by atoms with van der Waals surface area (Å²) in [5, 5.41) is 5.99. The van der Waals surface area contributed by atoms with Gasteiger partial charge in [0.15, 0.2) is 6.61 Å². The number of hydrogen-bond acceptors (Lipinski definition) is 2. The number of benzene rings is 3. The van der Waals surface area contributed by atoms with Crippen molar-refractivity contribution in [3.8, 4) is 5.75 Å². The van der Waals surface area contributed by atoms with Gasteiger partial charge < -0.3 is 10.1 Å². The molecular formula is C19H14BrCl2NO2. The van der Waals surface area contributed by atoms with Gasteiger partial charge in [0.2, 0.25) is 0 Å². The maximum atomic E-state index is 12.0. The average Bonchev–Trinajstić information content (AvgIpc) is 2.60. The quantitative estimate of drug-likeness (QED) is 0.562. The monoisotopic (exact) mass is 437 g/mol. The standard InChI is InChI=1S/C19H14BrCl2NO2/c20-19-15-4-2-1-3-12(15)6-8-17(19)25-11-18(24)23-10-13-5-7-14(21)9-16(13)22/h1-9H,10-11H2,(H,23,24). The normalized spacial score (nSPS) is 10.7. The van der Waals surface area contributed by atoms with Gasteiger partial charge in [0.25, 0.3) is 5.91 Å². The lowest BCUT2D eigenvalue weighted by Crippen LogP contribution is -2.28. The Bertz CT molecular complexity index is 930. The Balaban J connectivity index is 1.60. The SMILES string of the molecule is O=C(COc1ccc2ccccc2c1Br)NCc1ccc(Cl)cc1Cl. The average molecular weight is 439 g/mol. The van der Waals surface area contributed by atoms with Gasteiger partial charge in [0.05, 0.1) is 4.47 Å². The van der Waals surface area contributed by atoms with Crippen LogP contribution in [0.1, 0.15) is 5.56 Å². The van der Waals surface area contributed by atoms with E-state index >= 15 is 0 Å². The zero-order valence-electron chi connectivity index (χ0n) is 13.1. The molecule has 0 atom stereocenters. The molecule has 0 radical (unpaired) electrons. The van der Waals surface area contributed by atoms with E-state index in [1.807, 2.05) is 36.4 Å². The van der Waals surface area contributed by atoms with Crippen LogP contribution in [0.3, 0.4) is 0 Å². The van der Waals surface area contributed by atoms with Gasteiger partial charge in [-0.15, -0.1) is 0 Å². The van der Waals surface area contributed by atoms with Crippen LogP contribution >= 0.6 is 39.1 Å². The second kappa shape index (κ2) is 8.09. The number of carbonyl (C=O) groups is 1. The van der Waals surface area contributed by atoms with E-state index in [9.17, 15) is 4.79 Å². The summed E-state index contributed by atoms with van der Waals surface area (Å²) in [6.07, 6.45) is 0. The maximum Gasteiger partial charge on any atom is 0.258 e. The molecule has 0 aliphatic heterocycles. The molecule has 3 aromatic carbocycles. The number of amides is 1. The highest BCUT2D eigenvalue weighted by molar-refractivity contribution is 9.10. The lowest BCUT2D eigenvalue weighted by Gasteiger charge is -2.11. The molecule has 0 aromatic heterocycles. The van der Waals surface area contributed by atoms with Crippen molar-refractivity contribution in [3.63, 3.8) is 0 Å². The number of carbonyl (C=O) groups excluding carboxylic acids is 1. The third-order valence-corrected chi connectivity index (χ3v) is 5.08. The first-order chi connectivity index (χ1) is 12.0. The van der Waals surface area contributed by atoms with Crippen molar-refractivity contribution < 1.29 is 9.53 Å². The molecule has 0 aliphatic carbocycles. The van der Waals surface area contributed by atoms with Gasteiger partial charge in [-0.05, 0) is 50.5 Å². The van der Waals surface area contributed by atoms with E-state index in [4.69, 9.17) is 27.9 Å². The molecule has 1 N–H and O–H groups in total. The Morgan fingerprint density at radius 2 is 1.88 bits per heavy atom. The Morgan fingerprint density at radius 3 is 2.68 bits per heavy atom. The van der Waals surface area contributed by atoms with E-state index < -0.39 is 0 Å². The minimum absolute atomic E-state index is 0.0812. The summed E-state index contributed by atoms with van der Waals surface area (Å²) in [5.41, 5.74) is 0.798. The van der Waals surface area contributed by atoms with Crippen LogP contribution in [0.2, 0.25) is 10.0 Å². The van der Waals surface area contributed by atoms with Crippen LogP contribution in [0.4, 0.5) is 0 Å². The first-order valence-electron chi connectivity index (χ1n) is 7.55. The van der Waals surface area contributed by atoms with Gasteiger partial charge in [-0.25, -0.2) is 0 Å². The Labute approximate surface area is 164 Å². The van der Waals surface area contributed by atoms with E-state index in [0.29, 0.717) is 22.3 Å². The summed E-state index contributed by atoms with van der Waals surface area (Å²) < 4.78 is 6.46. The molecule has 0 saturated carbocycles. The lowest BCUT2D eigenvalue weighted by molar-refractivity contribution is -0.123. The number of nitrogens with one attached hydrogen (secondary N) is 1. The van der Waals surface area contributed by atoms with Gasteiger partial charge in [-0.2, -0.15) is 0 Å². The first-order valence-corrected chi connectivity index (χ1v) is 9.10. The molecule has 25 heavy (non-hydrogen) atoms. The number of hydrogen-bond donors (Lipinski definition) is 1. The largest absolute Gasteiger partial charge is 0.483 e. The third-order valence-electron chi connectivity index (χ3n) is 3.68. The highest BCUT2D eigenvalue weighted by Gasteiger charge is 2.09. The minimum atomic E-state index is -0.230. The molecule has 128 valence electrons. The predicted molar refractivity (Wildman–Crippen MR) is 105 cm³/mol. The predicted octanol–water partition coefficient (Wildman–Crippen LogP) is 5.60. The van der Waals surface area contributed by atoms with Crippen molar-refractivity contribution in [3.05, 3.63) is 74.7 Å². The fourth-order valence-electron chi connectivity index (χ4n) is 2.38. The van der Waals surface area contributed by atoms with Gasteiger partial charge in [-0.1, -0.05) is 59.6 Å². The van der Waals surface area contributed by atoms with E-state index in [0.717, 1.165) is 20.8 Å². The summed E-state index contributed by atoms with van der Waals surface area (Å²) in [6.45, 7) is 0.235. The van der Waals surface area contributed by atoms with E-state index in [2.05, 4.69) is 21.2 Å². The van der Waals surface area contributed by atoms with E-state index in [-0.39, 0.29) is 12.5 Å². The molecule has 0 unspecified atom stereocenters. The Kier molecular flexibility index (Phi) is 5.84. The highest BCUT2D eigenvalue weighted by Crippen LogP contribution is 2.32. The summed E-state index contributed by atoms with van der Waals surface area (Å²) in [7, 11) is 0. The molecule has 0 fully saturated rings. The second-order valence-electron chi connectivity index (χ2n) is 5.40. The summed E-state index contributed by atoms with van der Waals surface area (Å²) in [5.74, 6) is 0.393. The van der Waals surface area contributed by atoms with E-state index in [1.54, 1.807) is 18.2 Å². The van der Waals surface area contributed by atoms with Gasteiger partial charge >= 0.3 is 0 Å². The highest BCUT2D eigenvalue weighted by atomic mass is 79.9. The fourth-order valence-corrected chi connectivity index (χ4v) is 3.46. The summed E-state index contributed by atoms with van der Waals surface area (Å²) >= 11 is 15.5. The van der Waals surface area contributed by atoms with Crippen LogP contribution in [0.25, 0.3) is 10.8 Å². The molecule has 0 saturated heterocycles. The number of rotatable bonds is 5. The van der Waals surface area contributed by atoms with Crippen LogP contribution in [0, 0.1) is 0 Å². The molecule has 3 aromatic rings. The molecule has 0 bridgehead atoms. The minimum Gasteiger partial charge on any atom is -0.483 e. The molecule has 0 spiro atoms. The lowest BCUT2D eigenvalue weighted by atomic mass is 10.1. The number of ether oxygens (including phenoxy) is 1. The van der Waals surface area contributed by atoms with Gasteiger partial charge in [0.1, 0.15) is 5.75 Å². The molecule has 6 heteroatoms. The van der Waals surface area contributed by atoms with Crippen LogP contribution in [0.5, 0.6) is 5.75 Å². The smallest absolute Gasteiger partial charge is 0.258 e. The maximum absolute atomic E-state index is 12.0. The van der Waals surface area contributed by atoms with Crippen molar-refractivity contribution in [2.75, 3.05) is 6.61 Å². The van der Waals surface area contributed by atoms with Crippen molar-refractivity contribution in [2.24, 2.45) is 0 Å². The van der Waals surface area contributed by atoms with Crippen LogP contribution < -0.4 is 10.1 Å². The molecule has 0 heterocycles. The molecule has 0 aliphatic rings. The zero-order valence-corrected chi connectivity index (χ0v) is 16.2. The number of fused-ring (bicyclic) bond motifs is 1. The number of halogens is 3. The van der Waals surface area contributed by atoms with Crippen molar-refractivity contribution in [1.29, 1.82) is 0 Å².